The highest BCUT2D eigenvalue weighted by atomic mass is 32.1. The lowest BCUT2D eigenvalue weighted by Gasteiger charge is -2.09. The summed E-state index contributed by atoms with van der Waals surface area (Å²) in [5.74, 6) is 0.643. The molecule has 1 atom stereocenters. The second-order valence-corrected chi connectivity index (χ2v) is 5.50. The summed E-state index contributed by atoms with van der Waals surface area (Å²) >= 11 is 1.43. The maximum atomic E-state index is 11.7. The summed E-state index contributed by atoms with van der Waals surface area (Å²) in [4.78, 5) is 13.4. The van der Waals surface area contributed by atoms with Gasteiger partial charge >= 0.3 is 0 Å². The molecule has 1 amide bonds. The van der Waals surface area contributed by atoms with Crippen molar-refractivity contribution < 1.29 is 18.7 Å². The summed E-state index contributed by atoms with van der Waals surface area (Å²) in [5, 5.41) is 12.7. The number of carbonyl (C=O) groups excluding carboxylic acids is 1. The molecule has 0 aliphatic rings. The van der Waals surface area contributed by atoms with Crippen LogP contribution in [0.25, 0.3) is 10.6 Å². The monoisotopic (exact) mass is 303 g/mol. The Bertz CT molecular complexity index is 700. The summed E-state index contributed by atoms with van der Waals surface area (Å²) in [6.45, 7) is 0.123. The number of hydrogen-bond acceptors (Lipinski definition) is 5. The highest BCUT2D eigenvalue weighted by Gasteiger charge is 2.15. The number of hydrogen-bond donors (Lipinski definition) is 2. The van der Waals surface area contributed by atoms with Gasteiger partial charge in [-0.1, -0.05) is 0 Å². The van der Waals surface area contributed by atoms with Crippen molar-refractivity contribution in [3.8, 4) is 10.6 Å². The number of carbonyl (C=O) groups is 1. The van der Waals surface area contributed by atoms with Crippen molar-refractivity contribution in [2.24, 2.45) is 0 Å². The number of rotatable bonds is 5. The highest BCUT2D eigenvalue weighted by Crippen LogP contribution is 2.31. The summed E-state index contributed by atoms with van der Waals surface area (Å²) in [6, 6.07) is 10.6. The van der Waals surface area contributed by atoms with E-state index in [0.717, 1.165) is 15.5 Å². The van der Waals surface area contributed by atoms with E-state index >= 15 is 0 Å². The fourth-order valence-electron chi connectivity index (χ4n) is 1.87. The minimum absolute atomic E-state index is 0.123. The fourth-order valence-corrected chi connectivity index (χ4v) is 2.83. The van der Waals surface area contributed by atoms with Gasteiger partial charge in [-0.15, -0.1) is 11.3 Å². The number of amides is 1. The molecule has 3 aromatic rings. The molecule has 6 heteroatoms. The van der Waals surface area contributed by atoms with E-state index in [2.05, 4.69) is 5.32 Å². The van der Waals surface area contributed by atoms with Crippen LogP contribution in [0.15, 0.2) is 57.8 Å². The number of aliphatic hydroxyl groups excluding tert-OH is 1. The van der Waals surface area contributed by atoms with Gasteiger partial charge in [0.1, 0.15) is 11.9 Å². The molecular weight excluding hydrogens is 290 g/mol. The van der Waals surface area contributed by atoms with Gasteiger partial charge in [-0.05, 0) is 36.4 Å². The van der Waals surface area contributed by atoms with E-state index in [9.17, 15) is 9.90 Å². The molecule has 3 rings (SSSR count). The zero-order valence-corrected chi connectivity index (χ0v) is 11.8. The van der Waals surface area contributed by atoms with Crippen LogP contribution >= 0.6 is 11.3 Å². The number of aliphatic hydroxyl groups is 1. The van der Waals surface area contributed by atoms with Crippen LogP contribution in [-0.2, 0) is 0 Å². The van der Waals surface area contributed by atoms with Gasteiger partial charge in [0.2, 0.25) is 0 Å². The van der Waals surface area contributed by atoms with Crippen LogP contribution in [0.1, 0.15) is 21.5 Å². The van der Waals surface area contributed by atoms with Crippen molar-refractivity contribution in [2.75, 3.05) is 6.54 Å². The quantitative estimate of drug-likeness (QED) is 0.759. The molecule has 0 aromatic carbocycles. The maximum absolute atomic E-state index is 11.7. The molecular formula is C15H13NO4S. The lowest BCUT2D eigenvalue weighted by molar-refractivity contribution is 0.0890. The molecule has 0 radical (unpaired) electrons. The maximum Gasteiger partial charge on any atom is 0.287 e. The second-order valence-electron chi connectivity index (χ2n) is 4.38. The Balaban J connectivity index is 1.61. The normalized spacial score (nSPS) is 12.2. The van der Waals surface area contributed by atoms with Crippen molar-refractivity contribution in [3.05, 3.63) is 59.6 Å². The standard InChI is InChI=1S/C15H13NO4S/c17-10(9-16-15(18)12-4-2-8-20-12)13-5-6-14(21-13)11-3-1-7-19-11/h1-8,10,17H,9H2,(H,16,18). The molecule has 5 nitrogen and oxygen atoms in total. The molecule has 3 heterocycles. The van der Waals surface area contributed by atoms with E-state index in [1.165, 1.54) is 17.6 Å². The Morgan fingerprint density at radius 3 is 2.71 bits per heavy atom. The molecule has 2 N–H and O–H groups in total. The van der Waals surface area contributed by atoms with E-state index in [4.69, 9.17) is 8.83 Å². The predicted octanol–water partition coefficient (Wildman–Crippen LogP) is 3.06. The Hall–Kier alpha value is -2.31. The SMILES string of the molecule is O=C(NCC(O)c1ccc(-c2ccco2)s1)c1ccco1. The topological polar surface area (TPSA) is 75.6 Å². The molecule has 108 valence electrons. The first-order chi connectivity index (χ1) is 10.2. The van der Waals surface area contributed by atoms with Crippen LogP contribution in [0.2, 0.25) is 0 Å². The minimum atomic E-state index is -0.766. The second kappa shape index (κ2) is 5.99. The van der Waals surface area contributed by atoms with E-state index < -0.39 is 6.10 Å². The highest BCUT2D eigenvalue weighted by molar-refractivity contribution is 7.15. The van der Waals surface area contributed by atoms with Gasteiger partial charge in [-0.3, -0.25) is 4.79 Å². The minimum Gasteiger partial charge on any atom is -0.464 e. The van der Waals surface area contributed by atoms with Crippen LogP contribution in [0.5, 0.6) is 0 Å². The third-order valence-electron chi connectivity index (χ3n) is 2.92. The predicted molar refractivity (Wildman–Crippen MR) is 78.0 cm³/mol. The third kappa shape index (κ3) is 3.07. The summed E-state index contributed by atoms with van der Waals surface area (Å²) < 4.78 is 10.3. The van der Waals surface area contributed by atoms with Crippen molar-refractivity contribution in [3.63, 3.8) is 0 Å². The first-order valence-corrected chi connectivity index (χ1v) is 7.19. The van der Waals surface area contributed by atoms with Crippen LogP contribution in [0.3, 0.4) is 0 Å². The fraction of sp³-hybridized carbons (Fsp3) is 0.133. The van der Waals surface area contributed by atoms with E-state index in [0.29, 0.717) is 0 Å². The average molecular weight is 303 g/mol. The van der Waals surface area contributed by atoms with Gasteiger partial charge in [0.15, 0.2) is 5.76 Å². The summed E-state index contributed by atoms with van der Waals surface area (Å²) in [7, 11) is 0. The molecule has 1 unspecified atom stereocenters. The summed E-state index contributed by atoms with van der Waals surface area (Å²) in [6.07, 6.45) is 2.27. The van der Waals surface area contributed by atoms with Gasteiger partial charge in [0.25, 0.3) is 5.91 Å². The molecule has 0 saturated heterocycles. The van der Waals surface area contributed by atoms with Gasteiger partial charge in [-0.2, -0.15) is 0 Å². The van der Waals surface area contributed by atoms with Crippen LogP contribution in [0.4, 0.5) is 0 Å². The van der Waals surface area contributed by atoms with Crippen LogP contribution in [-0.4, -0.2) is 17.6 Å². The van der Waals surface area contributed by atoms with E-state index in [-0.39, 0.29) is 18.2 Å². The Morgan fingerprint density at radius 2 is 2.00 bits per heavy atom. The molecule has 3 aromatic heterocycles. The molecule has 0 fully saturated rings. The summed E-state index contributed by atoms with van der Waals surface area (Å²) in [5.41, 5.74) is 0. The van der Waals surface area contributed by atoms with Crippen LogP contribution in [0, 0.1) is 0 Å². The Kier molecular flexibility index (Phi) is 3.89. The van der Waals surface area contributed by atoms with Gasteiger partial charge in [-0.25, -0.2) is 0 Å². The lowest BCUT2D eigenvalue weighted by Crippen LogP contribution is -2.27. The van der Waals surface area contributed by atoms with Crippen molar-refractivity contribution >= 4 is 17.2 Å². The molecule has 0 aliphatic carbocycles. The van der Waals surface area contributed by atoms with Gasteiger partial charge < -0.3 is 19.3 Å². The van der Waals surface area contributed by atoms with Crippen molar-refractivity contribution in [1.29, 1.82) is 0 Å². The lowest BCUT2D eigenvalue weighted by atomic mass is 10.2. The molecule has 0 spiro atoms. The number of nitrogens with one attached hydrogen (secondary N) is 1. The Labute approximate surface area is 124 Å². The molecule has 0 aliphatic heterocycles. The van der Waals surface area contributed by atoms with Crippen molar-refractivity contribution in [2.45, 2.75) is 6.10 Å². The zero-order valence-electron chi connectivity index (χ0n) is 11.0. The number of furan rings is 2. The van der Waals surface area contributed by atoms with Crippen molar-refractivity contribution in [1.82, 2.24) is 5.32 Å². The van der Waals surface area contributed by atoms with Gasteiger partial charge in [0.05, 0.1) is 17.4 Å². The van der Waals surface area contributed by atoms with Crippen LogP contribution < -0.4 is 5.32 Å². The largest absolute Gasteiger partial charge is 0.464 e. The third-order valence-corrected chi connectivity index (χ3v) is 4.12. The van der Waals surface area contributed by atoms with E-state index in [1.807, 2.05) is 24.3 Å². The average Bonchev–Trinajstić information content (AvgIpc) is 3.25. The van der Waals surface area contributed by atoms with Gasteiger partial charge in [0, 0.05) is 11.4 Å². The first kappa shape index (κ1) is 13.7. The molecule has 21 heavy (non-hydrogen) atoms. The number of thiophene rings is 1. The Morgan fingerprint density at radius 1 is 1.19 bits per heavy atom. The zero-order chi connectivity index (χ0) is 14.7. The van der Waals surface area contributed by atoms with E-state index in [1.54, 1.807) is 18.4 Å². The smallest absolute Gasteiger partial charge is 0.287 e. The molecule has 0 bridgehead atoms. The molecule has 0 saturated carbocycles. The first-order valence-electron chi connectivity index (χ1n) is 6.37.